The molecule has 0 aliphatic heterocycles. The monoisotopic (exact) mass is 513 g/mol. The van der Waals surface area contributed by atoms with Crippen LogP contribution in [0.4, 0.5) is 0 Å². The molecule has 0 heterocycles. The number of aliphatic carboxylic acids is 1. The maximum atomic E-state index is 8.89. The molecule has 0 unspecified atom stereocenters. The average Bonchev–Trinajstić information content (AvgIpc) is 0.811. The summed E-state index contributed by atoms with van der Waals surface area (Å²) >= 11 is 0. The van der Waals surface area contributed by atoms with Crippen molar-refractivity contribution in [2.75, 3.05) is 0 Å². The first-order valence-electron chi connectivity index (χ1n) is 0.781. The summed E-state index contributed by atoms with van der Waals surface area (Å²) < 4.78 is 0. The summed E-state index contributed by atoms with van der Waals surface area (Å²) in [5.74, 6) is -1.08. The Morgan fingerprint density at radius 2 is 1.67 bits per heavy atom. The summed E-state index contributed by atoms with van der Waals surface area (Å²) in [7, 11) is 0. The van der Waals surface area contributed by atoms with Crippen molar-refractivity contribution in [3.8, 4) is 0 Å². The molecule has 0 aliphatic carbocycles. The predicted molar refractivity (Wildman–Crippen MR) is 13.0 cm³/mol. The number of carboxylic acid groups (broad SMARTS) is 1. The Balaban J connectivity index is -0.0000000450. The molecule has 0 aromatic carbocycles. The molecule has 0 aromatic rings. The van der Waals surface area contributed by atoms with E-state index in [2.05, 4.69) is 6.92 Å². The minimum Gasteiger partial charge on any atom is -0.503 e. The van der Waals surface area contributed by atoms with Crippen LogP contribution in [0.1, 0.15) is 0 Å². The zero-order valence-corrected chi connectivity index (χ0v) is 12.3. The maximum Gasteiger partial charge on any atom is 0.161 e. The van der Waals surface area contributed by atoms with E-state index in [-0.39, 0.29) is 20.4 Å². The van der Waals surface area contributed by atoms with Crippen LogP contribution in [0.2, 0.25) is 0 Å². The topological polar surface area (TPSA) is 37.3 Å². The third-order valence-corrected chi connectivity index (χ3v) is 0. The fraction of sp³-hybridized carbons (Fsp3) is 0. The summed E-state index contributed by atoms with van der Waals surface area (Å²) in [6.45, 7) is 2.56. The summed E-state index contributed by atoms with van der Waals surface area (Å²) in [6.07, 6.45) is 0. The molecule has 0 fully saturated rings. The van der Waals surface area contributed by atoms with E-state index in [1.54, 1.807) is 0 Å². The molecular weight excluding hydrogens is 509 g/mol. The van der Waals surface area contributed by atoms with E-state index < -0.39 is 5.97 Å². The van der Waals surface area contributed by atoms with Gasteiger partial charge in [0.2, 0.25) is 0 Å². The average molecular weight is 512 g/mol. The van der Waals surface area contributed by atoms with Crippen LogP contribution in [0.5, 0.6) is 0 Å². The maximum absolute atomic E-state index is 8.89. The molecule has 1 N–H and O–H groups in total. The van der Waals surface area contributed by atoms with Crippen LogP contribution in [0.3, 0.4) is 0 Å². The van der Waals surface area contributed by atoms with Gasteiger partial charge in [0.25, 0.3) is 0 Å². The van der Waals surface area contributed by atoms with Crippen molar-refractivity contribution in [3.05, 3.63) is 6.92 Å². The second-order valence-electron chi connectivity index (χ2n) is 0.394. The first kappa shape index (κ1) is 20.0. The molecule has 1 radical (unpaired) electrons. The van der Waals surface area contributed by atoms with Crippen molar-refractivity contribution in [1.29, 1.82) is 0 Å². The molecule has 0 saturated heterocycles. The van der Waals surface area contributed by atoms with Gasteiger partial charge in [-0.25, -0.2) is 0 Å². The van der Waals surface area contributed by atoms with E-state index in [1.807, 2.05) is 0 Å². The Hall–Kier alpha value is -0.998. The molecule has 0 amide bonds. The van der Waals surface area contributed by atoms with Crippen LogP contribution < -0.4 is 0 Å². The summed E-state index contributed by atoms with van der Waals surface area (Å²) in [6, 6.07) is 0. The predicted octanol–water partition coefficient (Wildman–Crippen LogP) is -0.0974. The van der Waals surface area contributed by atoms with Crippen molar-refractivity contribution in [1.82, 2.24) is 0 Å². The summed E-state index contributed by atoms with van der Waals surface area (Å²) in [4.78, 5) is 8.89. The minimum absolute atomic E-state index is 0. The standard InChI is InChI=1S/C2H3O2.Re.Rf/c1-2(3)4;;/h1H2,(H,3,4);;/q-1;;. The molecule has 2 nitrogen and oxygen atoms in total. The van der Waals surface area contributed by atoms with Crippen LogP contribution in [0.25, 0.3) is 0 Å². The Bertz CT molecular complexity index is 34.5. The molecule has 0 saturated carbocycles. The normalized spacial score (nSPS) is 4.00. The SMILES string of the molecule is [CH2-]C(=O)O.[Re].[Rf]. The Morgan fingerprint density at radius 1 is 1.67 bits per heavy atom. The van der Waals surface area contributed by atoms with Gasteiger partial charge in [-0.2, -0.15) is 0 Å². The second-order valence-corrected chi connectivity index (χ2v) is 0.394. The van der Waals surface area contributed by atoms with E-state index in [0.29, 0.717) is 0 Å². The first-order chi connectivity index (χ1) is 1.73. The van der Waals surface area contributed by atoms with Gasteiger partial charge >= 0.3 is 0 Å². The largest absolute Gasteiger partial charge is 0.503 e. The molecule has 0 spiro atoms. The third-order valence-electron chi connectivity index (χ3n) is 0. The molecule has 0 bridgehead atoms. The van der Waals surface area contributed by atoms with Gasteiger partial charge in [-0.1, -0.05) is 0 Å². The van der Waals surface area contributed by atoms with Gasteiger partial charge in [-0.3, -0.25) is 11.7 Å². The van der Waals surface area contributed by atoms with E-state index in [9.17, 15) is 0 Å². The van der Waals surface area contributed by atoms with Crippen LogP contribution in [-0.4, -0.2) is 11.1 Å². The Labute approximate surface area is 43.8 Å². The van der Waals surface area contributed by atoms with Crippen molar-refractivity contribution < 1.29 is 30.3 Å². The first-order valence-corrected chi connectivity index (χ1v) is 0.781. The third kappa shape index (κ3) is 12.1. The quantitative estimate of drug-likeness (QED) is 0.461. The van der Waals surface area contributed by atoms with Crippen molar-refractivity contribution in [3.63, 3.8) is 0 Å². The van der Waals surface area contributed by atoms with Gasteiger partial charge < -0.3 is 5.11 Å². The molecule has 0 aliphatic rings. The van der Waals surface area contributed by atoms with Gasteiger partial charge in [-0.05, 0) is 0 Å². The fourth-order valence-electron chi connectivity index (χ4n) is 0. The van der Waals surface area contributed by atoms with Gasteiger partial charge in [0.05, 0.1) is 0 Å². The smallest absolute Gasteiger partial charge is 0.161 e. The van der Waals surface area contributed by atoms with E-state index in [1.165, 1.54) is 0 Å². The van der Waals surface area contributed by atoms with Crippen LogP contribution >= 0.6 is 0 Å². The number of rotatable bonds is 0. The Kier molecular flexibility index (Phi) is 30.0. The second kappa shape index (κ2) is 9.00. The number of carboxylic acids is 1. The number of hydrogen-bond donors (Lipinski definition) is 1. The van der Waals surface area contributed by atoms with E-state index in [0.717, 1.165) is 0 Å². The van der Waals surface area contributed by atoms with Crippen molar-refractivity contribution >= 4 is 5.97 Å². The molecule has 33 valence electrons. The summed E-state index contributed by atoms with van der Waals surface area (Å²) in [5.41, 5.74) is 0. The van der Waals surface area contributed by atoms with Gasteiger partial charge in [0, 0.05) is 20.4 Å². The summed E-state index contributed by atoms with van der Waals surface area (Å²) in [5, 5.41) is 7.31. The Morgan fingerprint density at radius 3 is 1.67 bits per heavy atom. The molecule has 0 aromatic heterocycles. The minimum atomic E-state index is -1.08. The molecular formula is C2H3O2ReRf-. The number of hydrogen-bond acceptors (Lipinski definition) is 1. The van der Waals surface area contributed by atoms with E-state index >= 15 is 0 Å². The fourth-order valence-corrected chi connectivity index (χ4v) is 0. The van der Waals surface area contributed by atoms with E-state index in [4.69, 9.17) is 9.90 Å². The van der Waals surface area contributed by atoms with Crippen molar-refractivity contribution in [2.45, 2.75) is 0 Å². The van der Waals surface area contributed by atoms with Crippen molar-refractivity contribution in [2.24, 2.45) is 0 Å². The molecule has 4 heteroatoms. The number of carbonyl (C=O) groups is 1. The zero-order valence-electron chi connectivity index (χ0n) is 3.15. The van der Waals surface area contributed by atoms with Crippen LogP contribution in [-0.2, 0) is 25.2 Å². The van der Waals surface area contributed by atoms with Gasteiger partial charge in [0.1, 0.15) is 0 Å². The van der Waals surface area contributed by atoms with Gasteiger partial charge in [-0.15, -0.1) is 0 Å². The molecule has 6 heavy (non-hydrogen) atoms. The van der Waals surface area contributed by atoms with Crippen LogP contribution in [0, 0.1) is 6.92 Å². The molecule has 0 rings (SSSR count). The van der Waals surface area contributed by atoms with Crippen LogP contribution in [0.15, 0.2) is 0 Å². The molecule has 0 atom stereocenters. The van der Waals surface area contributed by atoms with Gasteiger partial charge in [0.15, 0.2) is 5.97 Å². The zero-order chi connectivity index (χ0) is 3.58.